The summed E-state index contributed by atoms with van der Waals surface area (Å²) in [6.07, 6.45) is 1.62. The number of aromatic nitrogens is 4. The summed E-state index contributed by atoms with van der Waals surface area (Å²) in [5, 5.41) is 4.12. The minimum absolute atomic E-state index is 0.111. The van der Waals surface area contributed by atoms with Crippen LogP contribution in [0.4, 0.5) is 14.6 Å². The van der Waals surface area contributed by atoms with Crippen LogP contribution in [0.2, 0.25) is 0 Å². The fourth-order valence-electron chi connectivity index (χ4n) is 3.74. The van der Waals surface area contributed by atoms with Crippen molar-refractivity contribution in [1.82, 2.24) is 24.8 Å². The highest BCUT2D eigenvalue weighted by Crippen LogP contribution is 2.36. The lowest BCUT2D eigenvalue weighted by molar-refractivity contribution is 0.312. The predicted octanol–water partition coefficient (Wildman–Crippen LogP) is 2.04. The highest BCUT2D eigenvalue weighted by molar-refractivity contribution is 5.80. The van der Waals surface area contributed by atoms with Crippen molar-refractivity contribution < 1.29 is 13.5 Å². The fourth-order valence-corrected chi connectivity index (χ4v) is 3.74. The molecule has 152 valence electrons. The first kappa shape index (κ1) is 18.3. The maximum absolute atomic E-state index is 14.0. The molecule has 0 amide bonds. The molecule has 30 heavy (non-hydrogen) atoms. The number of nitrogens with zero attached hydrogens (tertiary/aromatic N) is 3. The quantitative estimate of drug-likeness (QED) is 0.466. The van der Waals surface area contributed by atoms with Gasteiger partial charge in [0.25, 0.3) is 0 Å². The molecule has 0 spiro atoms. The van der Waals surface area contributed by atoms with Crippen LogP contribution >= 0.6 is 0 Å². The van der Waals surface area contributed by atoms with Crippen molar-refractivity contribution in [2.75, 3.05) is 18.9 Å². The van der Waals surface area contributed by atoms with Gasteiger partial charge in [0.15, 0.2) is 11.6 Å². The Hall–Kier alpha value is -3.79. The minimum atomic E-state index is -0.973. The summed E-state index contributed by atoms with van der Waals surface area (Å²) < 4.78 is 34.9. The lowest BCUT2D eigenvalue weighted by atomic mass is 10.0. The molecule has 0 fully saturated rings. The van der Waals surface area contributed by atoms with Crippen LogP contribution in [-0.2, 0) is 0 Å². The molecule has 4 aromatic rings. The fraction of sp³-hybridized carbons (Fsp3) is 0.150. The van der Waals surface area contributed by atoms with Crippen LogP contribution in [0.1, 0.15) is 17.3 Å². The number of hydrogen-bond donors (Lipinski definition) is 3. The maximum Gasteiger partial charge on any atom is 0.349 e. The van der Waals surface area contributed by atoms with E-state index in [2.05, 4.69) is 20.3 Å². The summed E-state index contributed by atoms with van der Waals surface area (Å²) in [6.45, 7) is 0.727. The van der Waals surface area contributed by atoms with E-state index in [1.54, 1.807) is 16.8 Å². The molecule has 1 aliphatic heterocycles. The number of benzene rings is 1. The number of ether oxygens (including phenoxy) is 1. The van der Waals surface area contributed by atoms with Gasteiger partial charge in [-0.1, -0.05) is 0 Å². The number of aromatic amines is 1. The average molecular weight is 410 g/mol. The maximum atomic E-state index is 14.0. The number of pyridine rings is 1. The smallest absolute Gasteiger partial charge is 0.349 e. The van der Waals surface area contributed by atoms with E-state index < -0.39 is 23.4 Å². The SMILES string of the molecule is Nc1[nH]c(=O)nc2c1C(c1cc3cccnc3n1-c1ccc(F)c(F)c1)NCCO2. The molecular formula is C20H16F2N6O2. The van der Waals surface area contributed by atoms with Crippen LogP contribution in [0.15, 0.2) is 47.4 Å². The normalized spacial score (nSPS) is 16.1. The van der Waals surface area contributed by atoms with Crippen LogP contribution in [-0.4, -0.2) is 32.7 Å². The van der Waals surface area contributed by atoms with Crippen LogP contribution in [0.25, 0.3) is 16.7 Å². The number of nitrogens with one attached hydrogen (secondary N) is 2. The molecule has 4 heterocycles. The first-order chi connectivity index (χ1) is 14.5. The van der Waals surface area contributed by atoms with E-state index in [0.29, 0.717) is 29.1 Å². The number of fused-ring (bicyclic) bond motifs is 2. The van der Waals surface area contributed by atoms with Crippen molar-refractivity contribution in [1.29, 1.82) is 0 Å². The van der Waals surface area contributed by atoms with E-state index >= 15 is 0 Å². The van der Waals surface area contributed by atoms with E-state index in [-0.39, 0.29) is 18.3 Å². The number of halogens is 2. The van der Waals surface area contributed by atoms with Crippen LogP contribution < -0.4 is 21.5 Å². The Morgan fingerprint density at radius 1 is 1.20 bits per heavy atom. The summed E-state index contributed by atoms with van der Waals surface area (Å²) in [5.41, 5.74) is 7.56. The van der Waals surface area contributed by atoms with Gasteiger partial charge in [0.2, 0.25) is 5.88 Å². The zero-order valence-electron chi connectivity index (χ0n) is 15.5. The van der Waals surface area contributed by atoms with Crippen molar-refractivity contribution in [3.05, 3.63) is 76.0 Å². The summed E-state index contributed by atoms with van der Waals surface area (Å²) in [6, 6.07) is 8.62. The number of anilines is 1. The standard InChI is InChI=1S/C20H16F2N6O2/c21-12-4-3-11(9-13(12)22)28-14(8-10-2-1-5-25-18(10)28)16-15-17(23)26-20(29)27-19(15)30-7-6-24-16/h1-5,8-9,16,24H,6-7H2,(H3,23,26,27,29). The number of nitrogen functional groups attached to an aromatic ring is 1. The third kappa shape index (κ3) is 2.89. The Kier molecular flexibility index (Phi) is 4.21. The van der Waals surface area contributed by atoms with Crippen molar-refractivity contribution >= 4 is 16.9 Å². The second-order valence-electron chi connectivity index (χ2n) is 6.83. The van der Waals surface area contributed by atoms with Gasteiger partial charge in [-0.3, -0.25) is 9.55 Å². The van der Waals surface area contributed by atoms with Crippen LogP contribution in [0.3, 0.4) is 0 Å². The van der Waals surface area contributed by atoms with Gasteiger partial charge in [-0.15, -0.1) is 0 Å². The van der Waals surface area contributed by atoms with E-state index in [1.165, 1.54) is 6.07 Å². The molecular weight excluding hydrogens is 394 g/mol. The Morgan fingerprint density at radius 3 is 2.90 bits per heavy atom. The molecule has 4 N–H and O–H groups in total. The van der Waals surface area contributed by atoms with Gasteiger partial charge in [0.05, 0.1) is 17.3 Å². The van der Waals surface area contributed by atoms with Crippen LogP contribution in [0.5, 0.6) is 5.88 Å². The summed E-state index contributed by atoms with van der Waals surface area (Å²) in [4.78, 5) is 22.6. The second kappa shape index (κ2) is 6.92. The second-order valence-corrected chi connectivity index (χ2v) is 6.83. The number of rotatable bonds is 2. The third-order valence-electron chi connectivity index (χ3n) is 4.99. The summed E-state index contributed by atoms with van der Waals surface area (Å²) >= 11 is 0. The van der Waals surface area contributed by atoms with Gasteiger partial charge >= 0.3 is 5.69 Å². The topological polar surface area (TPSA) is 111 Å². The van der Waals surface area contributed by atoms with E-state index in [0.717, 1.165) is 17.5 Å². The molecule has 0 saturated heterocycles. The Bertz CT molecular complexity index is 1330. The first-order valence-electron chi connectivity index (χ1n) is 9.20. The number of hydrogen-bond acceptors (Lipinski definition) is 6. The molecule has 0 saturated carbocycles. The number of H-pyrrole nitrogens is 1. The molecule has 1 atom stereocenters. The molecule has 0 radical (unpaired) electrons. The number of nitrogens with two attached hydrogens (primary N) is 1. The zero-order chi connectivity index (χ0) is 20.8. The summed E-state index contributed by atoms with van der Waals surface area (Å²) in [7, 11) is 0. The Morgan fingerprint density at radius 2 is 2.07 bits per heavy atom. The van der Waals surface area contributed by atoms with Crippen molar-refractivity contribution in [3.8, 4) is 11.6 Å². The predicted molar refractivity (Wildman–Crippen MR) is 106 cm³/mol. The molecule has 5 rings (SSSR count). The zero-order valence-corrected chi connectivity index (χ0v) is 15.5. The van der Waals surface area contributed by atoms with Crippen molar-refractivity contribution in [2.45, 2.75) is 6.04 Å². The van der Waals surface area contributed by atoms with Crippen molar-refractivity contribution in [2.24, 2.45) is 0 Å². The van der Waals surface area contributed by atoms with Gasteiger partial charge in [0, 0.05) is 29.9 Å². The largest absolute Gasteiger partial charge is 0.476 e. The first-order valence-corrected chi connectivity index (χ1v) is 9.20. The Labute approximate surface area is 168 Å². The highest BCUT2D eigenvalue weighted by atomic mass is 19.2. The van der Waals surface area contributed by atoms with E-state index in [1.807, 2.05) is 12.1 Å². The lowest BCUT2D eigenvalue weighted by Gasteiger charge is -2.21. The third-order valence-corrected chi connectivity index (χ3v) is 4.99. The van der Waals surface area contributed by atoms with Gasteiger partial charge in [-0.05, 0) is 30.3 Å². The summed E-state index contributed by atoms with van der Waals surface area (Å²) in [5.74, 6) is -1.68. The molecule has 1 unspecified atom stereocenters. The van der Waals surface area contributed by atoms with E-state index in [4.69, 9.17) is 10.5 Å². The van der Waals surface area contributed by atoms with Gasteiger partial charge in [-0.25, -0.2) is 18.6 Å². The van der Waals surface area contributed by atoms with Gasteiger partial charge in [-0.2, -0.15) is 4.98 Å². The Balaban J connectivity index is 1.80. The van der Waals surface area contributed by atoms with Crippen molar-refractivity contribution in [3.63, 3.8) is 0 Å². The van der Waals surface area contributed by atoms with Gasteiger partial charge in [0.1, 0.15) is 18.1 Å². The van der Waals surface area contributed by atoms with Gasteiger partial charge < -0.3 is 15.8 Å². The molecule has 3 aromatic heterocycles. The van der Waals surface area contributed by atoms with Crippen LogP contribution in [0, 0.1) is 11.6 Å². The molecule has 1 aromatic carbocycles. The minimum Gasteiger partial charge on any atom is -0.476 e. The molecule has 1 aliphatic rings. The van der Waals surface area contributed by atoms with E-state index in [9.17, 15) is 13.6 Å². The molecule has 8 nitrogen and oxygen atoms in total. The highest BCUT2D eigenvalue weighted by Gasteiger charge is 2.30. The monoisotopic (exact) mass is 410 g/mol. The molecule has 0 bridgehead atoms. The molecule has 10 heteroatoms. The molecule has 0 aliphatic carbocycles. The lowest BCUT2D eigenvalue weighted by Crippen LogP contribution is -2.27. The average Bonchev–Trinajstić information content (AvgIpc) is 2.97.